The Morgan fingerprint density at radius 3 is 2.76 bits per heavy atom. The van der Waals surface area contributed by atoms with E-state index < -0.39 is 0 Å². The number of aryl methyl sites for hydroxylation is 1. The maximum absolute atomic E-state index is 5.88. The van der Waals surface area contributed by atoms with Crippen LogP contribution in [0.5, 0.6) is 0 Å². The Bertz CT molecular complexity index is 729. The number of aromatic nitrogens is 2. The van der Waals surface area contributed by atoms with E-state index >= 15 is 0 Å². The molecule has 3 nitrogen and oxygen atoms in total. The van der Waals surface area contributed by atoms with E-state index in [0.717, 1.165) is 22.6 Å². The van der Waals surface area contributed by atoms with Gasteiger partial charge in [-0.05, 0) is 55.7 Å². The van der Waals surface area contributed by atoms with Crippen LogP contribution in [0.15, 0.2) is 52.5 Å². The molecule has 0 fully saturated rings. The predicted molar refractivity (Wildman–Crippen MR) is 88.7 cm³/mol. The number of imidazole rings is 1. The van der Waals surface area contributed by atoms with Crippen molar-refractivity contribution in [2.45, 2.75) is 36.4 Å². The lowest BCUT2D eigenvalue weighted by atomic mass is 10.0. The summed E-state index contributed by atoms with van der Waals surface area (Å²) in [7, 11) is 0. The highest BCUT2D eigenvalue weighted by molar-refractivity contribution is 7.99. The van der Waals surface area contributed by atoms with Crippen molar-refractivity contribution in [3.05, 3.63) is 53.6 Å². The van der Waals surface area contributed by atoms with E-state index in [1.165, 1.54) is 16.0 Å². The number of para-hydroxylation sites is 2. The number of hydrogen-bond acceptors (Lipinski definition) is 3. The van der Waals surface area contributed by atoms with Crippen LogP contribution in [0.2, 0.25) is 0 Å². The second kappa shape index (κ2) is 5.92. The molecule has 0 spiro atoms. The zero-order valence-corrected chi connectivity index (χ0v) is 13.1. The third-order valence-corrected chi connectivity index (χ3v) is 4.31. The topological polar surface area (TPSA) is 54.7 Å². The first-order valence-corrected chi connectivity index (χ1v) is 7.91. The second-order valence-electron chi connectivity index (χ2n) is 5.43. The number of benzene rings is 2. The molecule has 1 heterocycles. The fraction of sp³-hybridized carbons (Fsp3) is 0.235. The van der Waals surface area contributed by atoms with Crippen molar-refractivity contribution in [2.24, 2.45) is 5.73 Å². The Morgan fingerprint density at radius 1 is 1.24 bits per heavy atom. The predicted octanol–water partition coefficient (Wildman–Crippen LogP) is 3.91. The zero-order chi connectivity index (χ0) is 14.8. The van der Waals surface area contributed by atoms with E-state index in [1.54, 1.807) is 11.8 Å². The molecule has 3 N–H and O–H groups in total. The normalized spacial score (nSPS) is 12.7. The van der Waals surface area contributed by atoms with Gasteiger partial charge in [-0.1, -0.05) is 30.0 Å². The summed E-state index contributed by atoms with van der Waals surface area (Å²) in [5, 5.41) is 0.926. The van der Waals surface area contributed by atoms with E-state index in [2.05, 4.69) is 35.1 Å². The summed E-state index contributed by atoms with van der Waals surface area (Å²) in [4.78, 5) is 9.13. The van der Waals surface area contributed by atoms with Crippen molar-refractivity contribution in [2.75, 3.05) is 0 Å². The lowest BCUT2D eigenvalue weighted by molar-refractivity contribution is 0.734. The molecule has 0 saturated carbocycles. The molecule has 1 unspecified atom stereocenters. The van der Waals surface area contributed by atoms with Crippen LogP contribution in [0.3, 0.4) is 0 Å². The molecule has 21 heavy (non-hydrogen) atoms. The fourth-order valence-corrected chi connectivity index (χ4v) is 3.30. The number of aromatic amines is 1. The van der Waals surface area contributed by atoms with Gasteiger partial charge in [-0.2, -0.15) is 0 Å². The fourth-order valence-electron chi connectivity index (χ4n) is 2.40. The molecule has 0 amide bonds. The summed E-state index contributed by atoms with van der Waals surface area (Å²) >= 11 is 1.66. The van der Waals surface area contributed by atoms with Gasteiger partial charge in [0, 0.05) is 10.9 Å². The monoisotopic (exact) mass is 297 g/mol. The summed E-state index contributed by atoms with van der Waals surface area (Å²) in [5.41, 5.74) is 10.6. The first-order chi connectivity index (χ1) is 10.1. The quantitative estimate of drug-likeness (QED) is 0.767. The standard InChI is InChI=1S/C17H19N3S/c1-11-9-14(8-7-13(11)10-12(2)18)21-17-19-15-5-3-4-6-16(15)20-17/h3-9,12H,10,18H2,1-2H3,(H,19,20). The summed E-state index contributed by atoms with van der Waals surface area (Å²) in [6.07, 6.45) is 0.918. The van der Waals surface area contributed by atoms with Crippen LogP contribution in [-0.4, -0.2) is 16.0 Å². The molecule has 1 aromatic heterocycles. The number of nitrogens with one attached hydrogen (secondary N) is 1. The molecule has 3 rings (SSSR count). The summed E-state index contributed by atoms with van der Waals surface area (Å²) in [6, 6.07) is 14.8. The first kappa shape index (κ1) is 14.2. The highest BCUT2D eigenvalue weighted by Gasteiger charge is 2.07. The van der Waals surface area contributed by atoms with E-state index in [4.69, 9.17) is 5.73 Å². The van der Waals surface area contributed by atoms with Crippen LogP contribution in [0.1, 0.15) is 18.1 Å². The van der Waals surface area contributed by atoms with Gasteiger partial charge in [0.2, 0.25) is 0 Å². The van der Waals surface area contributed by atoms with Gasteiger partial charge in [-0.15, -0.1) is 0 Å². The van der Waals surface area contributed by atoms with Gasteiger partial charge in [0.05, 0.1) is 11.0 Å². The van der Waals surface area contributed by atoms with Gasteiger partial charge in [0.25, 0.3) is 0 Å². The summed E-state index contributed by atoms with van der Waals surface area (Å²) in [5.74, 6) is 0. The molecule has 108 valence electrons. The number of H-pyrrole nitrogens is 1. The van der Waals surface area contributed by atoms with Crippen LogP contribution in [-0.2, 0) is 6.42 Å². The molecule has 0 aliphatic carbocycles. The average molecular weight is 297 g/mol. The molecular formula is C17H19N3S. The first-order valence-electron chi connectivity index (χ1n) is 7.09. The number of nitrogens with two attached hydrogens (primary N) is 1. The van der Waals surface area contributed by atoms with Crippen LogP contribution < -0.4 is 5.73 Å². The van der Waals surface area contributed by atoms with Crippen molar-refractivity contribution < 1.29 is 0 Å². The lowest BCUT2D eigenvalue weighted by Crippen LogP contribution is -2.18. The SMILES string of the molecule is Cc1cc(Sc2nc3ccccc3[nH]2)ccc1CC(C)N. The van der Waals surface area contributed by atoms with Crippen molar-refractivity contribution in [1.29, 1.82) is 0 Å². The van der Waals surface area contributed by atoms with Crippen molar-refractivity contribution in [3.63, 3.8) is 0 Å². The molecule has 4 heteroatoms. The Kier molecular flexibility index (Phi) is 3.99. The van der Waals surface area contributed by atoms with Crippen LogP contribution in [0.4, 0.5) is 0 Å². The smallest absolute Gasteiger partial charge is 0.171 e. The Labute approximate surface area is 129 Å². The second-order valence-corrected chi connectivity index (χ2v) is 6.49. The number of nitrogens with zero attached hydrogens (tertiary/aromatic N) is 1. The Hall–Kier alpha value is -1.78. The third-order valence-electron chi connectivity index (χ3n) is 3.44. The molecule has 0 radical (unpaired) electrons. The van der Waals surface area contributed by atoms with Gasteiger partial charge >= 0.3 is 0 Å². The van der Waals surface area contributed by atoms with Gasteiger partial charge < -0.3 is 10.7 Å². The van der Waals surface area contributed by atoms with Crippen molar-refractivity contribution in [1.82, 2.24) is 9.97 Å². The number of rotatable bonds is 4. The average Bonchev–Trinajstić information content (AvgIpc) is 2.83. The van der Waals surface area contributed by atoms with Crippen LogP contribution >= 0.6 is 11.8 Å². The van der Waals surface area contributed by atoms with Crippen molar-refractivity contribution >= 4 is 22.8 Å². The van der Waals surface area contributed by atoms with Crippen LogP contribution in [0.25, 0.3) is 11.0 Å². The Morgan fingerprint density at radius 2 is 2.05 bits per heavy atom. The minimum absolute atomic E-state index is 0.192. The molecule has 0 aliphatic rings. The molecule has 0 aliphatic heterocycles. The zero-order valence-electron chi connectivity index (χ0n) is 12.3. The molecule has 0 saturated heterocycles. The van der Waals surface area contributed by atoms with E-state index in [9.17, 15) is 0 Å². The van der Waals surface area contributed by atoms with Crippen LogP contribution in [0, 0.1) is 6.92 Å². The molecular weight excluding hydrogens is 278 g/mol. The minimum atomic E-state index is 0.192. The lowest BCUT2D eigenvalue weighted by Gasteiger charge is -2.10. The van der Waals surface area contributed by atoms with Gasteiger partial charge in [0.15, 0.2) is 5.16 Å². The van der Waals surface area contributed by atoms with Gasteiger partial charge in [-0.25, -0.2) is 4.98 Å². The van der Waals surface area contributed by atoms with E-state index in [-0.39, 0.29) is 6.04 Å². The van der Waals surface area contributed by atoms with Gasteiger partial charge in [-0.3, -0.25) is 0 Å². The highest BCUT2D eigenvalue weighted by atomic mass is 32.2. The van der Waals surface area contributed by atoms with Gasteiger partial charge in [0.1, 0.15) is 0 Å². The maximum atomic E-state index is 5.88. The largest absolute Gasteiger partial charge is 0.333 e. The van der Waals surface area contributed by atoms with Crippen molar-refractivity contribution in [3.8, 4) is 0 Å². The molecule has 1 atom stereocenters. The third kappa shape index (κ3) is 3.28. The molecule has 2 aromatic carbocycles. The maximum Gasteiger partial charge on any atom is 0.171 e. The Balaban J connectivity index is 1.82. The highest BCUT2D eigenvalue weighted by Crippen LogP contribution is 2.28. The number of fused-ring (bicyclic) bond motifs is 1. The molecule has 0 bridgehead atoms. The summed E-state index contributed by atoms with van der Waals surface area (Å²) < 4.78 is 0. The molecule has 3 aromatic rings. The summed E-state index contributed by atoms with van der Waals surface area (Å²) in [6.45, 7) is 4.18. The van der Waals surface area contributed by atoms with E-state index in [0.29, 0.717) is 0 Å². The van der Waals surface area contributed by atoms with E-state index in [1.807, 2.05) is 31.2 Å². The minimum Gasteiger partial charge on any atom is -0.333 e. The number of hydrogen-bond donors (Lipinski definition) is 2.